The molecule has 0 N–H and O–H groups in total. The maximum Gasteiger partial charge on any atom is 0.231 e. The van der Waals surface area contributed by atoms with Crippen molar-refractivity contribution in [1.29, 1.82) is 0 Å². The molecule has 0 aliphatic rings. The maximum atomic E-state index is 12.9. The molecule has 0 atom stereocenters. The van der Waals surface area contributed by atoms with Crippen LogP contribution >= 0.6 is 0 Å². The maximum absolute atomic E-state index is 12.9. The molecule has 30 heavy (non-hydrogen) atoms. The summed E-state index contributed by atoms with van der Waals surface area (Å²) in [6.07, 6.45) is 12.1. The number of amides is 1. The molecule has 0 saturated carbocycles. The van der Waals surface area contributed by atoms with Crippen molar-refractivity contribution in [2.24, 2.45) is 0 Å². The Bertz CT molecular complexity index is 688. The van der Waals surface area contributed by atoms with E-state index in [1.165, 1.54) is 38.5 Å². The van der Waals surface area contributed by atoms with E-state index in [-0.39, 0.29) is 5.91 Å². The van der Waals surface area contributed by atoms with Crippen LogP contribution in [0, 0.1) is 0 Å². The molecule has 0 saturated heterocycles. The molecule has 0 aromatic heterocycles. The van der Waals surface area contributed by atoms with Gasteiger partial charge in [0.2, 0.25) is 5.91 Å². The van der Waals surface area contributed by atoms with Crippen LogP contribution in [0.4, 0.5) is 11.4 Å². The van der Waals surface area contributed by atoms with Crippen molar-refractivity contribution in [2.75, 3.05) is 4.90 Å². The minimum absolute atomic E-state index is 0.0345. The zero-order valence-corrected chi connectivity index (χ0v) is 18.5. The number of carbonyl (C=O) groups excluding carboxylic acids is 2. The SMILES string of the molecule is CCCCCCCCCCC(=O)CCCC(=O)N(c1ccccc1)c1ccccc1. The Hall–Kier alpha value is -2.42. The summed E-state index contributed by atoms with van der Waals surface area (Å²) in [4.78, 5) is 26.9. The lowest BCUT2D eigenvalue weighted by atomic mass is 10.0. The highest BCUT2D eigenvalue weighted by molar-refractivity contribution is 6.00. The molecule has 0 fully saturated rings. The molecule has 0 aliphatic heterocycles. The molecule has 0 radical (unpaired) electrons. The van der Waals surface area contributed by atoms with Crippen LogP contribution in [0.15, 0.2) is 60.7 Å². The van der Waals surface area contributed by atoms with Crippen LogP contribution in [0.1, 0.15) is 84.0 Å². The average molecular weight is 408 g/mol. The molecule has 2 aromatic rings. The summed E-state index contributed by atoms with van der Waals surface area (Å²) in [7, 11) is 0. The molecule has 0 heterocycles. The first-order valence-corrected chi connectivity index (χ1v) is 11.7. The zero-order chi connectivity index (χ0) is 21.4. The van der Waals surface area contributed by atoms with Gasteiger partial charge < -0.3 is 0 Å². The second kappa shape index (κ2) is 14.5. The van der Waals surface area contributed by atoms with Gasteiger partial charge in [0.25, 0.3) is 0 Å². The van der Waals surface area contributed by atoms with Gasteiger partial charge in [0.15, 0.2) is 0 Å². The number of hydrogen-bond donors (Lipinski definition) is 0. The molecule has 0 unspecified atom stereocenters. The summed E-state index contributed by atoms with van der Waals surface area (Å²) in [5.41, 5.74) is 1.72. The number of rotatable bonds is 15. The number of anilines is 2. The summed E-state index contributed by atoms with van der Waals surface area (Å²) in [5.74, 6) is 0.326. The molecule has 0 spiro atoms. The Morgan fingerprint density at radius 2 is 1.07 bits per heavy atom. The molecule has 3 nitrogen and oxygen atoms in total. The van der Waals surface area contributed by atoms with Gasteiger partial charge in [-0.1, -0.05) is 88.3 Å². The van der Waals surface area contributed by atoms with Crippen LogP contribution in [0.2, 0.25) is 0 Å². The fraction of sp³-hybridized carbons (Fsp3) is 0.481. The quantitative estimate of drug-likeness (QED) is 0.285. The standard InChI is InChI=1S/C27H37NO2/c1-2-3-4-5-6-7-8-15-21-26(29)22-16-23-27(30)28(24-17-11-9-12-18-24)25-19-13-10-14-20-25/h9-14,17-20H,2-8,15-16,21-23H2,1H3. The minimum atomic E-state index is 0.0345. The lowest BCUT2D eigenvalue weighted by molar-refractivity contribution is -0.120. The highest BCUT2D eigenvalue weighted by Gasteiger charge is 2.17. The van der Waals surface area contributed by atoms with Crippen molar-refractivity contribution in [3.63, 3.8) is 0 Å². The van der Waals surface area contributed by atoms with Gasteiger partial charge in [-0.05, 0) is 37.1 Å². The molecule has 162 valence electrons. The van der Waals surface area contributed by atoms with Crippen LogP contribution in [0.5, 0.6) is 0 Å². The zero-order valence-electron chi connectivity index (χ0n) is 18.5. The van der Waals surface area contributed by atoms with Crippen molar-refractivity contribution in [3.05, 3.63) is 60.7 Å². The van der Waals surface area contributed by atoms with Gasteiger partial charge in [0.05, 0.1) is 0 Å². The molecule has 2 aromatic carbocycles. The number of ketones is 1. The fourth-order valence-electron chi connectivity index (χ4n) is 3.72. The second-order valence-electron chi connectivity index (χ2n) is 8.02. The molecule has 0 aliphatic carbocycles. The normalized spacial score (nSPS) is 10.7. The molecule has 3 heteroatoms. The van der Waals surface area contributed by atoms with Crippen LogP contribution in [0.25, 0.3) is 0 Å². The third-order valence-electron chi connectivity index (χ3n) is 5.43. The molecule has 0 bridgehead atoms. The van der Waals surface area contributed by atoms with E-state index in [0.29, 0.717) is 31.5 Å². The topological polar surface area (TPSA) is 37.4 Å². The van der Waals surface area contributed by atoms with Gasteiger partial charge in [-0.3, -0.25) is 14.5 Å². The minimum Gasteiger partial charge on any atom is -0.300 e. The number of Topliss-reactive ketones (excluding diaryl/α,β-unsaturated/α-hetero) is 1. The molecular formula is C27H37NO2. The largest absolute Gasteiger partial charge is 0.300 e. The van der Waals surface area contributed by atoms with Gasteiger partial charge in [0, 0.05) is 30.6 Å². The number of para-hydroxylation sites is 2. The number of hydrogen-bond acceptors (Lipinski definition) is 2. The number of carbonyl (C=O) groups is 2. The van der Waals surface area contributed by atoms with E-state index in [1.54, 1.807) is 4.90 Å². The third kappa shape index (κ3) is 8.94. The predicted molar refractivity (Wildman–Crippen MR) is 126 cm³/mol. The van der Waals surface area contributed by atoms with Crippen molar-refractivity contribution in [2.45, 2.75) is 84.0 Å². The number of unbranched alkanes of at least 4 members (excludes halogenated alkanes) is 7. The van der Waals surface area contributed by atoms with E-state index in [4.69, 9.17) is 0 Å². The van der Waals surface area contributed by atoms with Crippen LogP contribution in [-0.2, 0) is 9.59 Å². The monoisotopic (exact) mass is 407 g/mol. The van der Waals surface area contributed by atoms with Crippen LogP contribution in [0.3, 0.4) is 0 Å². The van der Waals surface area contributed by atoms with E-state index in [1.807, 2.05) is 60.7 Å². The van der Waals surface area contributed by atoms with E-state index in [0.717, 1.165) is 24.2 Å². The predicted octanol–water partition coefficient (Wildman–Crippen LogP) is 7.62. The highest BCUT2D eigenvalue weighted by Crippen LogP contribution is 2.26. The van der Waals surface area contributed by atoms with Gasteiger partial charge in [0.1, 0.15) is 5.78 Å². The summed E-state index contributed by atoms with van der Waals surface area (Å²) in [5, 5.41) is 0. The Labute approximate surface area is 182 Å². The highest BCUT2D eigenvalue weighted by atomic mass is 16.2. The van der Waals surface area contributed by atoms with Gasteiger partial charge in [-0.25, -0.2) is 0 Å². The summed E-state index contributed by atoms with van der Waals surface area (Å²) < 4.78 is 0. The second-order valence-corrected chi connectivity index (χ2v) is 8.02. The lowest BCUT2D eigenvalue weighted by Gasteiger charge is -2.23. The molecule has 2 rings (SSSR count). The smallest absolute Gasteiger partial charge is 0.231 e. The van der Waals surface area contributed by atoms with Crippen molar-refractivity contribution < 1.29 is 9.59 Å². The van der Waals surface area contributed by atoms with E-state index in [2.05, 4.69) is 6.92 Å². The average Bonchev–Trinajstić information content (AvgIpc) is 2.77. The van der Waals surface area contributed by atoms with Crippen molar-refractivity contribution >= 4 is 23.1 Å². The third-order valence-corrected chi connectivity index (χ3v) is 5.43. The van der Waals surface area contributed by atoms with Gasteiger partial charge in [-0.15, -0.1) is 0 Å². The van der Waals surface area contributed by atoms with Gasteiger partial charge >= 0.3 is 0 Å². The Kier molecular flexibility index (Phi) is 11.6. The van der Waals surface area contributed by atoms with Crippen LogP contribution in [-0.4, -0.2) is 11.7 Å². The first-order chi connectivity index (χ1) is 14.7. The summed E-state index contributed by atoms with van der Waals surface area (Å²) in [6, 6.07) is 19.4. The van der Waals surface area contributed by atoms with E-state index >= 15 is 0 Å². The van der Waals surface area contributed by atoms with Crippen molar-refractivity contribution in [3.8, 4) is 0 Å². The Morgan fingerprint density at radius 1 is 0.600 bits per heavy atom. The molecular weight excluding hydrogens is 370 g/mol. The summed E-state index contributed by atoms with van der Waals surface area (Å²) >= 11 is 0. The first kappa shape index (κ1) is 23.9. The Balaban J connectivity index is 1.71. The Morgan fingerprint density at radius 3 is 1.60 bits per heavy atom. The van der Waals surface area contributed by atoms with E-state index < -0.39 is 0 Å². The van der Waals surface area contributed by atoms with Crippen molar-refractivity contribution in [1.82, 2.24) is 0 Å². The van der Waals surface area contributed by atoms with Gasteiger partial charge in [-0.2, -0.15) is 0 Å². The first-order valence-electron chi connectivity index (χ1n) is 11.7. The number of nitrogens with zero attached hydrogens (tertiary/aromatic N) is 1. The van der Waals surface area contributed by atoms with Crippen LogP contribution < -0.4 is 4.90 Å². The number of benzene rings is 2. The molecule has 1 amide bonds. The summed E-state index contributed by atoms with van der Waals surface area (Å²) in [6.45, 7) is 2.24. The fourth-order valence-corrected chi connectivity index (χ4v) is 3.72. The lowest BCUT2D eigenvalue weighted by Crippen LogP contribution is -2.25. The van der Waals surface area contributed by atoms with E-state index in [9.17, 15) is 9.59 Å².